The Kier molecular flexibility index (Phi) is 4.82. The minimum absolute atomic E-state index is 0.0595. The lowest BCUT2D eigenvalue weighted by atomic mass is 9.80. The molecule has 0 aromatic heterocycles. The Labute approximate surface area is 180 Å². The minimum Gasteiger partial charge on any atom is -0.507 e. The summed E-state index contributed by atoms with van der Waals surface area (Å²) < 4.78 is 0. The van der Waals surface area contributed by atoms with Crippen LogP contribution in [0.2, 0.25) is 0 Å². The fourth-order valence-corrected chi connectivity index (χ4v) is 4.28. The van der Waals surface area contributed by atoms with E-state index in [0.29, 0.717) is 5.56 Å². The average Bonchev–Trinajstić information content (AvgIpc) is 2.69. The number of aryl methyl sites for hydroxylation is 2. The molecule has 1 unspecified atom stereocenters. The van der Waals surface area contributed by atoms with Gasteiger partial charge in [-0.3, -0.25) is 14.5 Å². The Morgan fingerprint density at radius 1 is 0.742 bits per heavy atom. The van der Waals surface area contributed by atoms with Crippen molar-refractivity contribution in [1.29, 1.82) is 0 Å². The van der Waals surface area contributed by atoms with Crippen LogP contribution in [0.3, 0.4) is 0 Å². The highest BCUT2D eigenvalue weighted by atomic mass is 16.3. The fourth-order valence-electron chi connectivity index (χ4n) is 4.28. The van der Waals surface area contributed by atoms with E-state index in [1.807, 2.05) is 31.2 Å². The number of carbonyl (C=O) groups is 2. The predicted molar refractivity (Wildman–Crippen MR) is 116 cm³/mol. The van der Waals surface area contributed by atoms with Crippen LogP contribution in [0, 0.1) is 13.8 Å². The maximum absolute atomic E-state index is 13.3. The van der Waals surface area contributed by atoms with Gasteiger partial charge >= 0.3 is 0 Å². The van der Waals surface area contributed by atoms with E-state index in [-0.39, 0.29) is 39.3 Å². The van der Waals surface area contributed by atoms with E-state index in [1.165, 1.54) is 18.2 Å². The Bertz CT molecular complexity index is 1240. The standard InChI is InChI=1S/C25H23NO5/c1-12-5-7-14(8-6-12)22(26(3)4)21-18(28)11-16-20(25(21)31)24(30)19-15(23(16)29)9-13(2)10-17(19)27/h5-11,22,27-28,31H,1-4H3. The van der Waals surface area contributed by atoms with E-state index in [4.69, 9.17) is 0 Å². The molecule has 0 radical (unpaired) electrons. The molecule has 0 saturated heterocycles. The second-order valence-corrected chi connectivity index (χ2v) is 8.22. The quantitative estimate of drug-likeness (QED) is 0.468. The summed E-state index contributed by atoms with van der Waals surface area (Å²) in [5, 5.41) is 32.4. The Hall–Kier alpha value is -3.64. The van der Waals surface area contributed by atoms with Crippen molar-refractivity contribution in [1.82, 2.24) is 4.90 Å². The number of carbonyl (C=O) groups excluding carboxylic acids is 2. The Morgan fingerprint density at radius 2 is 1.35 bits per heavy atom. The van der Waals surface area contributed by atoms with Crippen molar-refractivity contribution in [2.24, 2.45) is 0 Å². The van der Waals surface area contributed by atoms with E-state index in [0.717, 1.165) is 11.1 Å². The number of hydrogen-bond donors (Lipinski definition) is 3. The summed E-state index contributed by atoms with van der Waals surface area (Å²) in [5.41, 5.74) is 2.25. The van der Waals surface area contributed by atoms with Crippen molar-refractivity contribution < 1.29 is 24.9 Å². The van der Waals surface area contributed by atoms with Crippen molar-refractivity contribution >= 4 is 11.6 Å². The SMILES string of the molecule is Cc1ccc(C(c2c(O)cc3c(c2O)C(=O)c2c(O)cc(C)cc2C3=O)N(C)C)cc1. The number of rotatable bonds is 3. The van der Waals surface area contributed by atoms with Crippen molar-refractivity contribution in [2.45, 2.75) is 19.9 Å². The molecule has 0 fully saturated rings. The molecule has 0 heterocycles. The molecule has 3 N–H and O–H groups in total. The van der Waals surface area contributed by atoms with Gasteiger partial charge in [-0.2, -0.15) is 0 Å². The number of benzene rings is 3. The molecular formula is C25H23NO5. The van der Waals surface area contributed by atoms with Gasteiger partial charge in [-0.15, -0.1) is 0 Å². The number of aromatic hydroxyl groups is 3. The highest BCUT2D eigenvalue weighted by molar-refractivity contribution is 6.30. The molecule has 0 spiro atoms. The lowest BCUT2D eigenvalue weighted by Gasteiger charge is -2.29. The predicted octanol–water partition coefficient (Wildman–Crippen LogP) is 3.85. The zero-order chi connectivity index (χ0) is 22.6. The molecule has 158 valence electrons. The van der Waals surface area contributed by atoms with Gasteiger partial charge in [-0.1, -0.05) is 29.8 Å². The molecule has 6 heteroatoms. The number of phenolic OH excluding ortho intramolecular Hbond substituents is 3. The van der Waals surface area contributed by atoms with Crippen LogP contribution in [0.1, 0.15) is 60.1 Å². The van der Waals surface area contributed by atoms with Crippen LogP contribution in [-0.2, 0) is 0 Å². The molecular weight excluding hydrogens is 394 g/mol. The number of hydrogen-bond acceptors (Lipinski definition) is 6. The van der Waals surface area contributed by atoms with Crippen LogP contribution in [0.25, 0.3) is 0 Å². The first kappa shape index (κ1) is 20.6. The molecule has 3 aromatic rings. The van der Waals surface area contributed by atoms with E-state index in [1.54, 1.807) is 25.9 Å². The molecule has 3 aromatic carbocycles. The third-order valence-electron chi connectivity index (χ3n) is 5.71. The van der Waals surface area contributed by atoms with Crippen LogP contribution < -0.4 is 0 Å². The molecule has 1 aliphatic carbocycles. The van der Waals surface area contributed by atoms with Crippen LogP contribution >= 0.6 is 0 Å². The number of fused-ring (bicyclic) bond motifs is 2. The monoisotopic (exact) mass is 417 g/mol. The summed E-state index contributed by atoms with van der Waals surface area (Å²) in [5.74, 6) is -2.23. The molecule has 0 bridgehead atoms. The van der Waals surface area contributed by atoms with Gasteiger partial charge in [0.15, 0.2) is 5.78 Å². The molecule has 6 nitrogen and oxygen atoms in total. The van der Waals surface area contributed by atoms with Crippen molar-refractivity contribution in [2.75, 3.05) is 14.1 Å². The zero-order valence-corrected chi connectivity index (χ0v) is 17.7. The van der Waals surface area contributed by atoms with Gasteiger partial charge < -0.3 is 15.3 Å². The van der Waals surface area contributed by atoms with Gasteiger partial charge in [-0.05, 0) is 57.3 Å². The Balaban J connectivity index is 1.98. The van der Waals surface area contributed by atoms with E-state index >= 15 is 0 Å². The highest BCUT2D eigenvalue weighted by Gasteiger charge is 2.38. The Morgan fingerprint density at radius 3 is 1.97 bits per heavy atom. The van der Waals surface area contributed by atoms with E-state index in [9.17, 15) is 24.9 Å². The number of nitrogens with zero attached hydrogens (tertiary/aromatic N) is 1. The normalized spacial score (nSPS) is 13.8. The third-order valence-corrected chi connectivity index (χ3v) is 5.71. The molecule has 1 aliphatic rings. The van der Waals surface area contributed by atoms with Crippen LogP contribution in [0.15, 0.2) is 42.5 Å². The van der Waals surface area contributed by atoms with Crippen molar-refractivity contribution in [3.05, 3.63) is 87.0 Å². The lowest BCUT2D eigenvalue weighted by molar-refractivity contribution is 0.0973. The first-order valence-corrected chi connectivity index (χ1v) is 9.86. The van der Waals surface area contributed by atoms with Gasteiger partial charge in [0.25, 0.3) is 0 Å². The molecule has 4 rings (SSSR count). The second kappa shape index (κ2) is 7.25. The smallest absolute Gasteiger partial charge is 0.201 e. The van der Waals surface area contributed by atoms with Gasteiger partial charge in [0.2, 0.25) is 5.78 Å². The van der Waals surface area contributed by atoms with Gasteiger partial charge in [0.1, 0.15) is 17.2 Å². The molecule has 31 heavy (non-hydrogen) atoms. The maximum atomic E-state index is 13.3. The largest absolute Gasteiger partial charge is 0.507 e. The first-order chi connectivity index (χ1) is 14.6. The average molecular weight is 417 g/mol. The number of phenols is 3. The van der Waals surface area contributed by atoms with E-state index < -0.39 is 23.4 Å². The second-order valence-electron chi connectivity index (χ2n) is 8.22. The fraction of sp³-hybridized carbons (Fsp3) is 0.200. The molecule has 1 atom stereocenters. The van der Waals surface area contributed by atoms with Crippen LogP contribution in [0.5, 0.6) is 17.2 Å². The summed E-state index contributed by atoms with van der Waals surface area (Å²) in [7, 11) is 3.58. The summed E-state index contributed by atoms with van der Waals surface area (Å²) in [6.45, 7) is 3.66. The summed E-state index contributed by atoms with van der Waals surface area (Å²) >= 11 is 0. The number of ketones is 2. The first-order valence-electron chi connectivity index (χ1n) is 9.86. The van der Waals surface area contributed by atoms with Crippen LogP contribution in [0.4, 0.5) is 0 Å². The van der Waals surface area contributed by atoms with E-state index in [2.05, 4.69) is 0 Å². The van der Waals surface area contributed by atoms with Gasteiger partial charge in [0, 0.05) is 11.1 Å². The molecule has 0 aliphatic heterocycles. The summed E-state index contributed by atoms with van der Waals surface area (Å²) in [6, 6.07) is 11.2. The molecule has 0 saturated carbocycles. The highest BCUT2D eigenvalue weighted by Crippen LogP contribution is 2.46. The van der Waals surface area contributed by atoms with Crippen LogP contribution in [-0.4, -0.2) is 45.9 Å². The van der Waals surface area contributed by atoms with Gasteiger partial charge in [0.05, 0.1) is 22.7 Å². The van der Waals surface area contributed by atoms with Crippen molar-refractivity contribution in [3.63, 3.8) is 0 Å². The zero-order valence-electron chi connectivity index (χ0n) is 17.7. The minimum atomic E-state index is -0.651. The maximum Gasteiger partial charge on any atom is 0.201 e. The third kappa shape index (κ3) is 3.16. The summed E-state index contributed by atoms with van der Waals surface area (Å²) in [4.78, 5) is 28.2. The lowest BCUT2D eigenvalue weighted by Crippen LogP contribution is -2.25. The van der Waals surface area contributed by atoms with Gasteiger partial charge in [-0.25, -0.2) is 0 Å². The molecule has 0 amide bonds. The summed E-state index contributed by atoms with van der Waals surface area (Å²) in [6.07, 6.45) is 0. The topological polar surface area (TPSA) is 98.1 Å². The van der Waals surface area contributed by atoms with Crippen molar-refractivity contribution in [3.8, 4) is 17.2 Å².